The summed E-state index contributed by atoms with van der Waals surface area (Å²) in [6.07, 6.45) is 0. The second-order valence-corrected chi connectivity index (χ2v) is 12.4. The van der Waals surface area contributed by atoms with Gasteiger partial charge in [0.1, 0.15) is 11.2 Å². The van der Waals surface area contributed by atoms with E-state index in [2.05, 4.69) is 114 Å². The lowest BCUT2D eigenvalue weighted by Crippen LogP contribution is -1.94. The quantitative estimate of drug-likeness (QED) is 0.190. The van der Waals surface area contributed by atoms with E-state index in [1.807, 2.05) is 18.2 Å². The highest BCUT2D eigenvalue weighted by Crippen LogP contribution is 2.49. The van der Waals surface area contributed by atoms with Crippen molar-refractivity contribution < 1.29 is 4.42 Å². The van der Waals surface area contributed by atoms with Gasteiger partial charge in [-0.1, -0.05) is 83.9 Å². The van der Waals surface area contributed by atoms with Crippen LogP contribution in [0.5, 0.6) is 0 Å². The number of hydrogen-bond acceptors (Lipinski definition) is 2. The summed E-state index contributed by atoms with van der Waals surface area (Å²) in [5.41, 5.74) is 10.6. The molecule has 9 aromatic rings. The maximum Gasteiger partial charge on any atom is 0.204 e. The monoisotopic (exact) mass is 568 g/mol. The van der Waals surface area contributed by atoms with Gasteiger partial charge in [0.05, 0.1) is 28.0 Å². The third-order valence-corrected chi connectivity index (χ3v) is 9.99. The minimum atomic E-state index is 0.677. The van der Waals surface area contributed by atoms with E-state index in [9.17, 15) is 0 Å². The fraction of sp³-hybridized carbons (Fsp3) is 0.0513. The molecule has 6 aromatic carbocycles. The van der Waals surface area contributed by atoms with E-state index in [-0.39, 0.29) is 0 Å². The summed E-state index contributed by atoms with van der Waals surface area (Å²) in [6, 6.07) is 38.7. The second-order valence-electron chi connectivity index (χ2n) is 11.4. The maximum atomic E-state index is 8.04. The number of aryl methyl sites for hydroxylation is 2. The first-order chi connectivity index (χ1) is 21.1. The van der Waals surface area contributed by atoms with Crippen LogP contribution in [0.25, 0.3) is 85.6 Å². The maximum absolute atomic E-state index is 8.04. The summed E-state index contributed by atoms with van der Waals surface area (Å²) in [4.78, 5) is 3.97. The van der Waals surface area contributed by atoms with Crippen molar-refractivity contribution in [1.29, 1.82) is 0 Å². The molecular formula is C39H24N2OS. The number of thiophene rings is 1. The van der Waals surface area contributed by atoms with Crippen LogP contribution >= 0.6 is 11.3 Å². The Hall–Kier alpha value is -5.37. The number of aromatic nitrogens is 1. The standard InChI is InChI=1S/C39H24N2OS/c1-22-14-18-32-29(20-22)30-21-23(2)15-19-33(30)41(32)34-12-7-11-28-36-25(16-17-31(40-3)39(36)43-38(28)34)27-10-6-9-26-24-8-4-5-13-35(24)42-37(26)27/h4-21H,1-2H3. The summed E-state index contributed by atoms with van der Waals surface area (Å²) in [5, 5.41) is 7.00. The highest BCUT2D eigenvalue weighted by atomic mass is 32.1. The van der Waals surface area contributed by atoms with Crippen molar-refractivity contribution in [3.8, 4) is 16.8 Å². The van der Waals surface area contributed by atoms with E-state index in [1.165, 1.54) is 37.6 Å². The summed E-state index contributed by atoms with van der Waals surface area (Å²) in [5.74, 6) is 0. The smallest absolute Gasteiger partial charge is 0.204 e. The zero-order valence-corrected chi connectivity index (χ0v) is 24.4. The van der Waals surface area contributed by atoms with Gasteiger partial charge < -0.3 is 8.98 Å². The molecule has 0 aliphatic heterocycles. The Morgan fingerprint density at radius 3 is 2.09 bits per heavy atom. The Morgan fingerprint density at radius 1 is 0.628 bits per heavy atom. The van der Waals surface area contributed by atoms with Crippen LogP contribution in [0.3, 0.4) is 0 Å². The molecule has 0 saturated heterocycles. The van der Waals surface area contributed by atoms with E-state index in [0.29, 0.717) is 5.69 Å². The molecule has 9 rings (SSSR count). The summed E-state index contributed by atoms with van der Waals surface area (Å²) >= 11 is 1.72. The second kappa shape index (κ2) is 8.82. The van der Waals surface area contributed by atoms with Crippen molar-refractivity contribution in [3.63, 3.8) is 0 Å². The average molecular weight is 569 g/mol. The Balaban J connectivity index is 1.41. The van der Waals surface area contributed by atoms with E-state index >= 15 is 0 Å². The molecule has 0 unspecified atom stereocenters. The van der Waals surface area contributed by atoms with Gasteiger partial charge >= 0.3 is 0 Å². The van der Waals surface area contributed by atoms with Crippen LogP contribution < -0.4 is 0 Å². The Labute approximate surface area is 251 Å². The Kier molecular flexibility index (Phi) is 4.97. The van der Waals surface area contributed by atoms with Gasteiger partial charge in [-0.15, -0.1) is 11.3 Å². The number of para-hydroxylation sites is 2. The number of furan rings is 1. The van der Waals surface area contributed by atoms with Gasteiger partial charge in [0, 0.05) is 37.2 Å². The number of nitrogens with zero attached hydrogens (tertiary/aromatic N) is 2. The first-order valence-electron chi connectivity index (χ1n) is 14.4. The molecule has 202 valence electrons. The average Bonchev–Trinajstić information content (AvgIpc) is 3.70. The van der Waals surface area contributed by atoms with Crippen molar-refractivity contribution >= 4 is 80.9 Å². The Morgan fingerprint density at radius 2 is 1.33 bits per heavy atom. The molecule has 0 radical (unpaired) electrons. The number of fused-ring (bicyclic) bond motifs is 9. The van der Waals surface area contributed by atoms with Gasteiger partial charge in [-0.3, -0.25) is 0 Å². The molecule has 3 nitrogen and oxygen atoms in total. The molecule has 3 aromatic heterocycles. The van der Waals surface area contributed by atoms with Gasteiger partial charge in [-0.25, -0.2) is 4.85 Å². The van der Waals surface area contributed by atoms with Gasteiger partial charge in [0.15, 0.2) is 0 Å². The van der Waals surface area contributed by atoms with Crippen LogP contribution in [0.2, 0.25) is 0 Å². The van der Waals surface area contributed by atoms with Crippen molar-refractivity contribution in [2.24, 2.45) is 0 Å². The predicted molar refractivity (Wildman–Crippen MR) is 182 cm³/mol. The van der Waals surface area contributed by atoms with Crippen LogP contribution in [-0.2, 0) is 0 Å². The molecule has 43 heavy (non-hydrogen) atoms. The first-order valence-corrected chi connectivity index (χ1v) is 15.2. The zero-order chi connectivity index (χ0) is 28.8. The van der Waals surface area contributed by atoms with Crippen LogP contribution in [0, 0.1) is 20.4 Å². The van der Waals surface area contributed by atoms with Crippen LogP contribution in [0.4, 0.5) is 5.69 Å². The number of hydrogen-bond donors (Lipinski definition) is 0. The molecule has 0 spiro atoms. The van der Waals surface area contributed by atoms with Gasteiger partial charge in [-0.05, 0) is 61.2 Å². The van der Waals surface area contributed by atoms with Crippen molar-refractivity contribution in [2.75, 3.05) is 0 Å². The Bertz CT molecular complexity index is 2600. The van der Waals surface area contributed by atoms with Crippen molar-refractivity contribution in [3.05, 3.63) is 132 Å². The van der Waals surface area contributed by atoms with Crippen molar-refractivity contribution in [1.82, 2.24) is 4.57 Å². The molecule has 0 saturated carbocycles. The molecule has 0 N–H and O–H groups in total. The minimum absolute atomic E-state index is 0.677. The molecule has 0 amide bonds. The third-order valence-electron chi connectivity index (χ3n) is 8.74. The number of rotatable bonds is 2. The largest absolute Gasteiger partial charge is 0.455 e. The summed E-state index contributed by atoms with van der Waals surface area (Å²) in [6.45, 7) is 12.3. The minimum Gasteiger partial charge on any atom is -0.455 e. The molecule has 0 fully saturated rings. The van der Waals surface area contributed by atoms with Crippen LogP contribution in [0.1, 0.15) is 11.1 Å². The van der Waals surface area contributed by atoms with Gasteiger partial charge in [0.2, 0.25) is 5.69 Å². The van der Waals surface area contributed by atoms with Crippen molar-refractivity contribution in [2.45, 2.75) is 13.8 Å². The lowest BCUT2D eigenvalue weighted by atomic mass is 9.97. The molecular weight excluding hydrogens is 545 g/mol. The summed E-state index contributed by atoms with van der Waals surface area (Å²) in [7, 11) is 0. The number of benzene rings is 6. The molecule has 3 heterocycles. The molecule has 0 atom stereocenters. The highest BCUT2D eigenvalue weighted by Gasteiger charge is 2.21. The topological polar surface area (TPSA) is 22.4 Å². The molecule has 0 aliphatic carbocycles. The lowest BCUT2D eigenvalue weighted by Gasteiger charge is -2.10. The molecule has 0 bridgehead atoms. The van der Waals surface area contributed by atoms with Crippen LogP contribution in [0.15, 0.2) is 114 Å². The van der Waals surface area contributed by atoms with E-state index < -0.39 is 0 Å². The van der Waals surface area contributed by atoms with Gasteiger partial charge in [-0.2, -0.15) is 0 Å². The van der Waals surface area contributed by atoms with E-state index in [4.69, 9.17) is 11.0 Å². The van der Waals surface area contributed by atoms with E-state index in [1.54, 1.807) is 11.3 Å². The fourth-order valence-electron chi connectivity index (χ4n) is 6.83. The molecule has 0 aliphatic rings. The lowest BCUT2D eigenvalue weighted by molar-refractivity contribution is 0.670. The van der Waals surface area contributed by atoms with E-state index in [0.717, 1.165) is 54.2 Å². The third kappa shape index (κ3) is 3.34. The predicted octanol–water partition coefficient (Wildman–Crippen LogP) is 11.9. The molecule has 4 heteroatoms. The SMILES string of the molecule is [C-]#[N+]c1ccc(-c2cccc3c2oc2ccccc23)c2c1sc1c(-n3c4ccc(C)cc4c4cc(C)ccc43)cccc12. The normalized spacial score (nSPS) is 11.9. The van der Waals surface area contributed by atoms with Crippen LogP contribution in [-0.4, -0.2) is 4.57 Å². The fourth-order valence-corrected chi connectivity index (χ4v) is 8.12. The summed E-state index contributed by atoms with van der Waals surface area (Å²) < 4.78 is 11.1. The zero-order valence-electron chi connectivity index (χ0n) is 23.6. The first kappa shape index (κ1) is 24.2. The highest BCUT2D eigenvalue weighted by molar-refractivity contribution is 7.27. The van der Waals surface area contributed by atoms with Gasteiger partial charge in [0.25, 0.3) is 0 Å².